The molecule has 4 heteroatoms. The maximum atomic E-state index is 7.01. The smallest absolute Gasteiger partial charge is 0.136 e. The molecule has 3 aromatic rings. The van der Waals surface area contributed by atoms with Gasteiger partial charge in [0.1, 0.15) is 11.5 Å². The minimum atomic E-state index is 0.767. The van der Waals surface area contributed by atoms with Gasteiger partial charge >= 0.3 is 0 Å². The second kappa shape index (κ2) is 8.17. The molecule has 0 spiro atoms. The minimum Gasteiger partial charge on any atom is -0.456 e. The van der Waals surface area contributed by atoms with Crippen LogP contribution in [0.25, 0.3) is 10.7 Å². The van der Waals surface area contributed by atoms with Gasteiger partial charge in [0.15, 0.2) is 0 Å². The lowest BCUT2D eigenvalue weighted by atomic mass is 10.1. The van der Waals surface area contributed by atoms with E-state index in [4.69, 9.17) is 16.3 Å². The summed E-state index contributed by atoms with van der Waals surface area (Å²) >= 11 is 7.01. The molecule has 0 aromatic heterocycles. The molecule has 0 amide bonds. The molecule has 0 atom stereocenters. The second-order valence-corrected chi connectivity index (χ2v) is 8.32. The molecule has 0 bridgehead atoms. The van der Waals surface area contributed by atoms with E-state index in [9.17, 15) is 0 Å². The molecule has 3 nitrogen and oxygen atoms in total. The van der Waals surface area contributed by atoms with Crippen molar-refractivity contribution in [2.45, 2.75) is 13.5 Å². The van der Waals surface area contributed by atoms with Crippen LogP contribution in [0, 0.1) is 6.92 Å². The highest BCUT2D eigenvalue weighted by Crippen LogP contribution is 2.45. The largest absolute Gasteiger partial charge is 0.456 e. The Morgan fingerprint density at radius 3 is 2.10 bits per heavy atom. The molecule has 152 valence electrons. The highest BCUT2D eigenvalue weighted by molar-refractivity contribution is 6.53. The molecule has 0 N–H and O–H groups in total. The maximum absolute atomic E-state index is 7.01. The SMILES string of the molecule is Cc1ccccc1CN1CCN(C2=C(Cl)c3ccccc3Oc3ccccc32)CC1. The summed E-state index contributed by atoms with van der Waals surface area (Å²) in [5, 5.41) is 0.767. The first-order valence-corrected chi connectivity index (χ1v) is 10.9. The van der Waals surface area contributed by atoms with Crippen LogP contribution in [-0.2, 0) is 6.54 Å². The van der Waals surface area contributed by atoms with Gasteiger partial charge in [0, 0.05) is 43.9 Å². The van der Waals surface area contributed by atoms with E-state index in [-0.39, 0.29) is 0 Å². The average molecular weight is 417 g/mol. The first-order valence-electron chi connectivity index (χ1n) is 10.5. The van der Waals surface area contributed by atoms with Gasteiger partial charge in [-0.05, 0) is 42.3 Å². The zero-order chi connectivity index (χ0) is 20.5. The number of piperazine rings is 1. The summed E-state index contributed by atoms with van der Waals surface area (Å²) in [6.45, 7) is 7.08. The number of para-hydroxylation sites is 2. The van der Waals surface area contributed by atoms with Crippen LogP contribution >= 0.6 is 11.6 Å². The molecule has 3 aromatic carbocycles. The van der Waals surface area contributed by atoms with Gasteiger partial charge in [0.05, 0.1) is 10.7 Å². The molecular weight excluding hydrogens is 392 g/mol. The van der Waals surface area contributed by atoms with Crippen LogP contribution in [0.5, 0.6) is 11.5 Å². The van der Waals surface area contributed by atoms with Crippen LogP contribution in [0.15, 0.2) is 72.8 Å². The lowest BCUT2D eigenvalue weighted by Crippen LogP contribution is -2.45. The summed E-state index contributed by atoms with van der Waals surface area (Å²) in [6.07, 6.45) is 0. The van der Waals surface area contributed by atoms with Crippen LogP contribution in [0.1, 0.15) is 22.3 Å². The van der Waals surface area contributed by atoms with Crippen LogP contribution in [-0.4, -0.2) is 36.0 Å². The Hall–Kier alpha value is -2.75. The van der Waals surface area contributed by atoms with Gasteiger partial charge in [-0.15, -0.1) is 0 Å². The van der Waals surface area contributed by atoms with E-state index in [1.807, 2.05) is 36.4 Å². The Kier molecular flexibility index (Phi) is 5.24. The standard InChI is InChI=1S/C26H25ClN2O/c1-19-8-2-3-9-20(19)18-28-14-16-29(17-15-28)26-22-11-5-7-13-24(22)30-23-12-6-4-10-21(23)25(26)27/h2-13H,14-18H2,1H3. The molecule has 2 aliphatic heterocycles. The Bertz CT molecular complexity index is 1100. The zero-order valence-corrected chi connectivity index (χ0v) is 17.9. The van der Waals surface area contributed by atoms with Crippen molar-refractivity contribution in [1.29, 1.82) is 0 Å². The first-order chi connectivity index (χ1) is 14.7. The third-order valence-electron chi connectivity index (χ3n) is 6.04. The third kappa shape index (κ3) is 3.60. The Balaban J connectivity index is 1.43. The average Bonchev–Trinajstić information content (AvgIpc) is 2.90. The Morgan fingerprint density at radius 2 is 1.37 bits per heavy atom. The van der Waals surface area contributed by atoms with Crippen LogP contribution in [0.3, 0.4) is 0 Å². The summed E-state index contributed by atoms with van der Waals surface area (Å²) < 4.78 is 6.24. The third-order valence-corrected chi connectivity index (χ3v) is 6.42. The summed E-state index contributed by atoms with van der Waals surface area (Å²) in [4.78, 5) is 4.95. The van der Waals surface area contributed by atoms with Crippen LogP contribution < -0.4 is 4.74 Å². The van der Waals surface area contributed by atoms with E-state index in [1.54, 1.807) is 0 Å². The number of hydrogen-bond donors (Lipinski definition) is 0. The number of nitrogens with zero attached hydrogens (tertiary/aromatic N) is 2. The highest BCUT2D eigenvalue weighted by Gasteiger charge is 2.28. The molecule has 2 heterocycles. The number of aryl methyl sites for hydroxylation is 1. The van der Waals surface area contributed by atoms with Gasteiger partial charge in [-0.25, -0.2) is 0 Å². The van der Waals surface area contributed by atoms with E-state index in [1.165, 1.54) is 11.1 Å². The molecule has 1 fully saturated rings. The molecule has 0 aliphatic carbocycles. The van der Waals surface area contributed by atoms with Gasteiger partial charge in [-0.2, -0.15) is 0 Å². The van der Waals surface area contributed by atoms with Gasteiger partial charge in [0.2, 0.25) is 0 Å². The van der Waals surface area contributed by atoms with Crippen molar-refractivity contribution in [3.8, 4) is 11.5 Å². The predicted molar refractivity (Wildman–Crippen MR) is 124 cm³/mol. The fraction of sp³-hybridized carbons (Fsp3) is 0.231. The van der Waals surface area contributed by atoms with E-state index >= 15 is 0 Å². The molecule has 2 aliphatic rings. The summed E-state index contributed by atoms with van der Waals surface area (Å²) in [6, 6.07) is 24.9. The zero-order valence-electron chi connectivity index (χ0n) is 17.1. The first kappa shape index (κ1) is 19.2. The van der Waals surface area contributed by atoms with Crippen LogP contribution in [0.2, 0.25) is 0 Å². The van der Waals surface area contributed by atoms with Crippen LogP contribution in [0.4, 0.5) is 0 Å². The number of hydrogen-bond acceptors (Lipinski definition) is 3. The number of ether oxygens (including phenoxy) is 1. The van der Waals surface area contributed by atoms with E-state index in [0.29, 0.717) is 0 Å². The summed E-state index contributed by atoms with van der Waals surface area (Å²) in [7, 11) is 0. The quantitative estimate of drug-likeness (QED) is 0.522. The van der Waals surface area contributed by atoms with Crippen molar-refractivity contribution in [1.82, 2.24) is 9.80 Å². The van der Waals surface area contributed by atoms with Gasteiger partial charge in [0.25, 0.3) is 0 Å². The second-order valence-electron chi connectivity index (χ2n) is 7.95. The Labute approximate surface area is 183 Å². The predicted octanol–water partition coefficient (Wildman–Crippen LogP) is 5.98. The fourth-order valence-corrected chi connectivity index (χ4v) is 4.70. The van der Waals surface area contributed by atoms with Crippen molar-refractivity contribution in [3.63, 3.8) is 0 Å². The molecule has 0 unspecified atom stereocenters. The number of halogens is 1. The molecule has 0 saturated carbocycles. The molecule has 1 saturated heterocycles. The van der Waals surface area contributed by atoms with Crippen molar-refractivity contribution >= 4 is 22.3 Å². The highest BCUT2D eigenvalue weighted by atomic mass is 35.5. The molecule has 30 heavy (non-hydrogen) atoms. The van der Waals surface area contributed by atoms with E-state index in [0.717, 1.165) is 66.1 Å². The molecule has 0 radical (unpaired) electrons. The van der Waals surface area contributed by atoms with Gasteiger partial charge in [-0.3, -0.25) is 4.90 Å². The monoisotopic (exact) mass is 416 g/mol. The lowest BCUT2D eigenvalue weighted by Gasteiger charge is -2.38. The Morgan fingerprint density at radius 1 is 0.767 bits per heavy atom. The maximum Gasteiger partial charge on any atom is 0.136 e. The number of benzene rings is 3. The fourth-order valence-electron chi connectivity index (χ4n) is 4.32. The lowest BCUT2D eigenvalue weighted by molar-refractivity contribution is 0.169. The topological polar surface area (TPSA) is 15.7 Å². The van der Waals surface area contributed by atoms with Crippen molar-refractivity contribution < 1.29 is 4.74 Å². The van der Waals surface area contributed by atoms with Gasteiger partial charge < -0.3 is 9.64 Å². The molecule has 5 rings (SSSR count). The normalized spacial score (nSPS) is 16.5. The van der Waals surface area contributed by atoms with Crippen molar-refractivity contribution in [3.05, 3.63) is 95.1 Å². The minimum absolute atomic E-state index is 0.767. The van der Waals surface area contributed by atoms with Crippen molar-refractivity contribution in [2.75, 3.05) is 26.2 Å². The molecular formula is C26H25ClN2O. The number of fused-ring (bicyclic) bond motifs is 2. The van der Waals surface area contributed by atoms with E-state index in [2.05, 4.69) is 53.1 Å². The summed E-state index contributed by atoms with van der Waals surface area (Å²) in [5.41, 5.74) is 5.86. The number of rotatable bonds is 3. The van der Waals surface area contributed by atoms with Crippen molar-refractivity contribution in [2.24, 2.45) is 0 Å². The van der Waals surface area contributed by atoms with E-state index < -0.39 is 0 Å². The van der Waals surface area contributed by atoms with Gasteiger partial charge in [-0.1, -0.05) is 60.1 Å². The summed E-state index contributed by atoms with van der Waals surface area (Å²) in [5.74, 6) is 1.67.